The van der Waals surface area contributed by atoms with Crippen LogP contribution in [0.5, 0.6) is 0 Å². The van der Waals surface area contributed by atoms with Gasteiger partial charge in [0.1, 0.15) is 11.6 Å². The first-order chi connectivity index (χ1) is 11.0. The number of hydrogen-bond acceptors (Lipinski definition) is 0. The maximum atomic E-state index is 14.3. The van der Waals surface area contributed by atoms with Crippen LogP contribution in [-0.4, -0.2) is 0 Å². The Kier molecular flexibility index (Phi) is 4.07. The van der Waals surface area contributed by atoms with Crippen LogP contribution >= 0.6 is 0 Å². The van der Waals surface area contributed by atoms with Gasteiger partial charge in [-0.15, -0.1) is 0 Å². The minimum Gasteiger partial charge on any atom is -0.206 e. The van der Waals surface area contributed by atoms with Gasteiger partial charge in [-0.2, -0.15) is 0 Å². The zero-order valence-electron chi connectivity index (χ0n) is 12.5. The van der Waals surface area contributed by atoms with Crippen molar-refractivity contribution in [3.8, 4) is 11.1 Å². The van der Waals surface area contributed by atoms with E-state index in [1.54, 1.807) is 0 Å². The van der Waals surface area contributed by atoms with Crippen LogP contribution in [0.3, 0.4) is 0 Å². The van der Waals surface area contributed by atoms with E-state index < -0.39 is 23.3 Å². The minimum atomic E-state index is -0.965. The second kappa shape index (κ2) is 6.03. The topological polar surface area (TPSA) is 0 Å². The SMILES string of the molecule is CCCc1cc(F)c(-c2ccc3c(F)c(F)ccc3c2)c(F)c1. The van der Waals surface area contributed by atoms with E-state index in [9.17, 15) is 17.6 Å². The largest absolute Gasteiger partial charge is 0.206 e. The lowest BCUT2D eigenvalue weighted by atomic mass is 9.98. The summed E-state index contributed by atoms with van der Waals surface area (Å²) < 4.78 is 55.5. The number of halogens is 4. The molecule has 0 aliphatic heterocycles. The van der Waals surface area contributed by atoms with Crippen LogP contribution in [0.15, 0.2) is 42.5 Å². The molecule has 0 bridgehead atoms. The van der Waals surface area contributed by atoms with Crippen molar-refractivity contribution >= 4 is 10.8 Å². The van der Waals surface area contributed by atoms with Crippen molar-refractivity contribution in [2.45, 2.75) is 19.8 Å². The average molecular weight is 318 g/mol. The van der Waals surface area contributed by atoms with Crippen molar-refractivity contribution in [2.24, 2.45) is 0 Å². The molecule has 0 heterocycles. The van der Waals surface area contributed by atoms with Crippen molar-refractivity contribution in [2.75, 3.05) is 0 Å². The predicted octanol–water partition coefficient (Wildman–Crippen LogP) is 6.02. The van der Waals surface area contributed by atoms with Crippen LogP contribution in [0.25, 0.3) is 21.9 Å². The highest BCUT2D eigenvalue weighted by atomic mass is 19.2. The molecule has 0 aliphatic rings. The van der Waals surface area contributed by atoms with Crippen molar-refractivity contribution in [3.63, 3.8) is 0 Å². The Balaban J connectivity index is 2.15. The van der Waals surface area contributed by atoms with E-state index in [-0.39, 0.29) is 10.9 Å². The molecule has 0 aromatic heterocycles. The van der Waals surface area contributed by atoms with E-state index >= 15 is 0 Å². The Morgan fingerprint density at radius 3 is 2.13 bits per heavy atom. The minimum absolute atomic E-state index is 0.0807. The molecule has 0 atom stereocenters. The van der Waals surface area contributed by atoms with Crippen molar-refractivity contribution < 1.29 is 17.6 Å². The molecule has 0 radical (unpaired) electrons. The predicted molar refractivity (Wildman–Crippen MR) is 83.2 cm³/mol. The average Bonchev–Trinajstić information content (AvgIpc) is 2.51. The number of hydrogen-bond donors (Lipinski definition) is 0. The fraction of sp³-hybridized carbons (Fsp3) is 0.158. The van der Waals surface area contributed by atoms with Crippen LogP contribution in [0, 0.1) is 23.3 Å². The third kappa shape index (κ3) is 2.81. The summed E-state index contributed by atoms with van der Waals surface area (Å²) in [5.41, 5.74) is 0.734. The molecule has 23 heavy (non-hydrogen) atoms. The standard InChI is InChI=1S/C19H14F4/c1-2-3-11-8-16(21)18(17(22)9-11)13-4-6-14-12(10-13)5-7-15(20)19(14)23/h4-10H,2-3H2,1H3. The smallest absolute Gasteiger partial charge is 0.166 e. The summed E-state index contributed by atoms with van der Waals surface area (Å²) in [6.45, 7) is 1.93. The maximum absolute atomic E-state index is 14.3. The number of aryl methyl sites for hydroxylation is 1. The van der Waals surface area contributed by atoms with Gasteiger partial charge in [-0.25, -0.2) is 17.6 Å². The summed E-state index contributed by atoms with van der Waals surface area (Å²) in [5, 5.41) is 0.468. The van der Waals surface area contributed by atoms with Gasteiger partial charge in [0.25, 0.3) is 0 Å². The monoisotopic (exact) mass is 318 g/mol. The Morgan fingerprint density at radius 2 is 1.48 bits per heavy atom. The molecule has 0 saturated heterocycles. The van der Waals surface area contributed by atoms with Crippen LogP contribution in [0.4, 0.5) is 17.6 Å². The van der Waals surface area contributed by atoms with Gasteiger partial charge in [0.15, 0.2) is 11.6 Å². The Bertz CT molecular complexity index is 861. The molecular weight excluding hydrogens is 304 g/mol. The lowest BCUT2D eigenvalue weighted by molar-refractivity contribution is 0.517. The molecule has 4 heteroatoms. The Hall–Kier alpha value is -2.36. The fourth-order valence-electron chi connectivity index (χ4n) is 2.76. The highest BCUT2D eigenvalue weighted by Crippen LogP contribution is 2.31. The maximum Gasteiger partial charge on any atom is 0.166 e. The molecular formula is C19H14F4. The molecule has 0 amide bonds. The molecule has 118 valence electrons. The van der Waals surface area contributed by atoms with Gasteiger partial charge in [0, 0.05) is 5.39 Å². The number of rotatable bonds is 3. The highest BCUT2D eigenvalue weighted by molar-refractivity contribution is 5.88. The van der Waals surface area contributed by atoms with E-state index in [0.29, 0.717) is 22.9 Å². The summed E-state index contributed by atoms with van der Waals surface area (Å²) >= 11 is 0. The van der Waals surface area contributed by atoms with Gasteiger partial charge in [-0.1, -0.05) is 31.5 Å². The molecule has 3 rings (SSSR count). The quantitative estimate of drug-likeness (QED) is 0.518. The third-order valence-electron chi connectivity index (χ3n) is 3.84. The second-order valence-corrected chi connectivity index (χ2v) is 5.48. The highest BCUT2D eigenvalue weighted by Gasteiger charge is 2.15. The lowest BCUT2D eigenvalue weighted by Crippen LogP contribution is -1.95. The van der Waals surface area contributed by atoms with E-state index in [4.69, 9.17) is 0 Å². The first-order valence-corrected chi connectivity index (χ1v) is 7.37. The molecule has 0 fully saturated rings. The summed E-state index contributed by atoms with van der Waals surface area (Å²) in [5.74, 6) is -3.23. The molecule has 0 spiro atoms. The molecule has 0 saturated carbocycles. The van der Waals surface area contributed by atoms with Gasteiger partial charge >= 0.3 is 0 Å². The van der Waals surface area contributed by atoms with Gasteiger partial charge in [0.2, 0.25) is 0 Å². The van der Waals surface area contributed by atoms with Gasteiger partial charge in [-0.05, 0) is 47.2 Å². The molecule has 0 nitrogen and oxygen atoms in total. The molecule has 3 aromatic carbocycles. The zero-order chi connectivity index (χ0) is 16.6. The Morgan fingerprint density at radius 1 is 0.783 bits per heavy atom. The molecule has 0 aliphatic carbocycles. The first kappa shape index (κ1) is 15.5. The summed E-state index contributed by atoms with van der Waals surface area (Å²) in [7, 11) is 0. The lowest BCUT2D eigenvalue weighted by Gasteiger charge is -2.10. The molecule has 3 aromatic rings. The number of fused-ring (bicyclic) bond motifs is 1. The molecule has 0 N–H and O–H groups in total. The van der Waals surface area contributed by atoms with Crippen molar-refractivity contribution in [1.29, 1.82) is 0 Å². The van der Waals surface area contributed by atoms with Crippen molar-refractivity contribution in [1.82, 2.24) is 0 Å². The van der Waals surface area contributed by atoms with E-state index in [0.717, 1.165) is 12.5 Å². The van der Waals surface area contributed by atoms with E-state index in [2.05, 4.69) is 0 Å². The van der Waals surface area contributed by atoms with Crippen molar-refractivity contribution in [3.05, 3.63) is 71.3 Å². The second-order valence-electron chi connectivity index (χ2n) is 5.48. The van der Waals surface area contributed by atoms with Gasteiger partial charge in [0.05, 0.1) is 5.56 Å². The van der Waals surface area contributed by atoms with Gasteiger partial charge < -0.3 is 0 Å². The normalized spacial score (nSPS) is 11.2. The van der Waals surface area contributed by atoms with Crippen LogP contribution in [0.2, 0.25) is 0 Å². The fourth-order valence-corrected chi connectivity index (χ4v) is 2.76. The Labute approximate surface area is 131 Å². The third-order valence-corrected chi connectivity index (χ3v) is 3.84. The van der Waals surface area contributed by atoms with Crippen LogP contribution < -0.4 is 0 Å². The molecule has 0 unspecified atom stereocenters. The summed E-state index contributed by atoms with van der Waals surface area (Å²) in [6.07, 6.45) is 1.38. The summed E-state index contributed by atoms with van der Waals surface area (Å²) in [4.78, 5) is 0. The van der Waals surface area contributed by atoms with Crippen LogP contribution in [-0.2, 0) is 6.42 Å². The van der Waals surface area contributed by atoms with E-state index in [1.165, 1.54) is 36.4 Å². The van der Waals surface area contributed by atoms with Gasteiger partial charge in [-0.3, -0.25) is 0 Å². The number of benzene rings is 3. The van der Waals surface area contributed by atoms with Crippen LogP contribution in [0.1, 0.15) is 18.9 Å². The van der Waals surface area contributed by atoms with E-state index in [1.807, 2.05) is 6.92 Å². The first-order valence-electron chi connectivity index (χ1n) is 7.37. The zero-order valence-corrected chi connectivity index (χ0v) is 12.5. The summed E-state index contributed by atoms with van der Waals surface area (Å²) in [6, 6.07) is 9.21.